The zero-order valence-electron chi connectivity index (χ0n) is 13.5. The zero-order chi connectivity index (χ0) is 17.5. The molecule has 0 saturated carbocycles. The number of thiophene rings is 2. The molecule has 0 aliphatic rings. The Kier molecular flexibility index (Phi) is 5.98. The van der Waals surface area contributed by atoms with E-state index in [1.165, 1.54) is 11.3 Å². The van der Waals surface area contributed by atoms with Crippen molar-refractivity contribution in [3.8, 4) is 0 Å². The molecule has 6 heteroatoms. The Hall–Kier alpha value is -2.44. The monoisotopic (exact) mass is 370 g/mol. The molecule has 3 aromatic rings. The van der Waals surface area contributed by atoms with Crippen LogP contribution in [0.5, 0.6) is 0 Å². The van der Waals surface area contributed by atoms with Crippen LogP contribution in [0, 0.1) is 0 Å². The fourth-order valence-corrected chi connectivity index (χ4v) is 3.68. The van der Waals surface area contributed by atoms with Gasteiger partial charge >= 0.3 is 0 Å². The van der Waals surface area contributed by atoms with Crippen molar-refractivity contribution in [2.24, 2.45) is 0 Å². The first-order valence-electron chi connectivity index (χ1n) is 7.91. The van der Waals surface area contributed by atoms with Gasteiger partial charge in [-0.2, -0.15) is 0 Å². The minimum absolute atomic E-state index is 0.179. The summed E-state index contributed by atoms with van der Waals surface area (Å²) in [6, 6.07) is 16.6. The third-order valence-corrected chi connectivity index (χ3v) is 5.41. The summed E-state index contributed by atoms with van der Waals surface area (Å²) >= 11 is 2.95. The topological polar surface area (TPSA) is 58.2 Å². The lowest BCUT2D eigenvalue weighted by molar-refractivity contribution is -0.123. The van der Waals surface area contributed by atoms with Crippen LogP contribution in [-0.2, 0) is 17.8 Å². The summed E-state index contributed by atoms with van der Waals surface area (Å²) < 4.78 is 0. The van der Waals surface area contributed by atoms with Gasteiger partial charge in [0.1, 0.15) is 6.04 Å². The Morgan fingerprint density at radius 3 is 2.36 bits per heavy atom. The maximum Gasteiger partial charge on any atom is 0.262 e. The number of rotatable bonds is 7. The van der Waals surface area contributed by atoms with Gasteiger partial charge in [0.15, 0.2) is 0 Å². The highest BCUT2D eigenvalue weighted by atomic mass is 32.1. The van der Waals surface area contributed by atoms with Crippen LogP contribution in [0.3, 0.4) is 0 Å². The number of carbonyl (C=O) groups is 2. The molecule has 0 fully saturated rings. The highest BCUT2D eigenvalue weighted by Gasteiger charge is 2.22. The van der Waals surface area contributed by atoms with Crippen molar-refractivity contribution in [1.82, 2.24) is 10.6 Å². The molecule has 1 atom stereocenters. The van der Waals surface area contributed by atoms with E-state index in [1.54, 1.807) is 17.4 Å². The summed E-state index contributed by atoms with van der Waals surface area (Å²) in [5, 5.41) is 9.60. The van der Waals surface area contributed by atoms with Crippen molar-refractivity contribution in [3.05, 3.63) is 80.7 Å². The summed E-state index contributed by atoms with van der Waals surface area (Å²) in [7, 11) is 0. The van der Waals surface area contributed by atoms with Gasteiger partial charge in [0.05, 0.1) is 11.4 Å². The lowest BCUT2D eigenvalue weighted by Gasteiger charge is -2.18. The van der Waals surface area contributed by atoms with Crippen molar-refractivity contribution in [2.45, 2.75) is 19.0 Å². The Bertz CT molecular complexity index is 799. The van der Waals surface area contributed by atoms with Crippen LogP contribution in [0.2, 0.25) is 0 Å². The standard InChI is InChI=1S/C19H18N2O2S2/c22-18(20-13-15-8-4-10-24-15)16(12-14-6-2-1-3-7-14)21-19(23)17-9-5-11-25-17/h1-11,16H,12-13H2,(H,20,22)(H,21,23). The predicted molar refractivity (Wildman–Crippen MR) is 102 cm³/mol. The maximum absolute atomic E-state index is 12.6. The first-order chi connectivity index (χ1) is 12.2. The second-order valence-electron chi connectivity index (χ2n) is 5.49. The Labute approximate surface area is 154 Å². The van der Waals surface area contributed by atoms with Crippen LogP contribution in [0.1, 0.15) is 20.1 Å². The van der Waals surface area contributed by atoms with Gasteiger partial charge in [-0.05, 0) is 28.5 Å². The molecule has 4 nitrogen and oxygen atoms in total. The van der Waals surface area contributed by atoms with E-state index in [1.807, 2.05) is 59.3 Å². The molecule has 1 aromatic carbocycles. The maximum atomic E-state index is 12.6. The van der Waals surface area contributed by atoms with E-state index in [9.17, 15) is 9.59 Å². The second-order valence-corrected chi connectivity index (χ2v) is 7.47. The van der Waals surface area contributed by atoms with E-state index < -0.39 is 6.04 Å². The number of nitrogens with one attached hydrogen (secondary N) is 2. The number of benzene rings is 1. The molecule has 2 amide bonds. The van der Waals surface area contributed by atoms with E-state index >= 15 is 0 Å². The normalized spacial score (nSPS) is 11.7. The minimum Gasteiger partial charge on any atom is -0.349 e. The molecule has 25 heavy (non-hydrogen) atoms. The molecule has 2 N–H and O–H groups in total. The van der Waals surface area contributed by atoms with Crippen molar-refractivity contribution < 1.29 is 9.59 Å². The molecule has 128 valence electrons. The number of hydrogen-bond acceptors (Lipinski definition) is 4. The molecule has 1 unspecified atom stereocenters. The van der Waals surface area contributed by atoms with Crippen molar-refractivity contribution in [1.29, 1.82) is 0 Å². The van der Waals surface area contributed by atoms with E-state index in [0.717, 1.165) is 10.4 Å². The molecule has 0 bridgehead atoms. The largest absolute Gasteiger partial charge is 0.349 e. The molecule has 3 rings (SSSR count). The van der Waals surface area contributed by atoms with Crippen molar-refractivity contribution in [3.63, 3.8) is 0 Å². The lowest BCUT2D eigenvalue weighted by atomic mass is 10.1. The fourth-order valence-electron chi connectivity index (χ4n) is 2.41. The average Bonchev–Trinajstić information content (AvgIpc) is 3.33. The van der Waals surface area contributed by atoms with Gasteiger partial charge < -0.3 is 10.6 Å². The van der Waals surface area contributed by atoms with Gasteiger partial charge in [-0.1, -0.05) is 42.5 Å². The molecule has 0 spiro atoms. The van der Waals surface area contributed by atoms with Gasteiger partial charge in [-0.3, -0.25) is 9.59 Å². The molecule has 0 aliphatic carbocycles. The summed E-state index contributed by atoms with van der Waals surface area (Å²) in [5.74, 6) is -0.399. The van der Waals surface area contributed by atoms with Crippen LogP contribution in [0.4, 0.5) is 0 Å². The molecule has 0 radical (unpaired) electrons. The fraction of sp³-hybridized carbons (Fsp3) is 0.158. The summed E-state index contributed by atoms with van der Waals surface area (Å²) in [4.78, 5) is 26.7. The minimum atomic E-state index is -0.614. The lowest BCUT2D eigenvalue weighted by Crippen LogP contribution is -2.47. The number of carbonyl (C=O) groups excluding carboxylic acids is 2. The first-order valence-corrected chi connectivity index (χ1v) is 9.66. The van der Waals surface area contributed by atoms with Crippen LogP contribution in [0.25, 0.3) is 0 Å². The van der Waals surface area contributed by atoms with E-state index in [4.69, 9.17) is 0 Å². The summed E-state index contributed by atoms with van der Waals surface area (Å²) in [5.41, 5.74) is 1.00. The highest BCUT2D eigenvalue weighted by Crippen LogP contribution is 2.11. The van der Waals surface area contributed by atoms with Crippen LogP contribution < -0.4 is 10.6 Å². The molecular weight excluding hydrogens is 352 g/mol. The first kappa shape index (κ1) is 17.4. The van der Waals surface area contributed by atoms with Gasteiger partial charge in [0.25, 0.3) is 5.91 Å². The van der Waals surface area contributed by atoms with Crippen LogP contribution in [-0.4, -0.2) is 17.9 Å². The van der Waals surface area contributed by atoms with E-state index in [0.29, 0.717) is 17.8 Å². The van der Waals surface area contributed by atoms with E-state index in [-0.39, 0.29) is 11.8 Å². The molecule has 0 aliphatic heterocycles. The van der Waals surface area contributed by atoms with Gasteiger partial charge in [-0.15, -0.1) is 22.7 Å². The van der Waals surface area contributed by atoms with E-state index in [2.05, 4.69) is 10.6 Å². The number of hydrogen-bond donors (Lipinski definition) is 2. The van der Waals surface area contributed by atoms with Gasteiger partial charge in [0.2, 0.25) is 5.91 Å². The summed E-state index contributed by atoms with van der Waals surface area (Å²) in [6.45, 7) is 0.469. The molecule has 0 saturated heterocycles. The third kappa shape index (κ3) is 5.01. The average molecular weight is 370 g/mol. The Balaban J connectivity index is 1.68. The Morgan fingerprint density at radius 2 is 1.68 bits per heavy atom. The van der Waals surface area contributed by atoms with Crippen molar-refractivity contribution in [2.75, 3.05) is 0 Å². The molecular formula is C19H18N2O2S2. The van der Waals surface area contributed by atoms with Crippen LogP contribution in [0.15, 0.2) is 65.4 Å². The molecule has 2 heterocycles. The summed E-state index contributed by atoms with van der Waals surface area (Å²) in [6.07, 6.45) is 0.453. The van der Waals surface area contributed by atoms with Crippen molar-refractivity contribution >= 4 is 34.5 Å². The van der Waals surface area contributed by atoms with Gasteiger partial charge in [0, 0.05) is 11.3 Å². The zero-order valence-corrected chi connectivity index (χ0v) is 15.1. The third-order valence-electron chi connectivity index (χ3n) is 3.67. The van der Waals surface area contributed by atoms with Gasteiger partial charge in [-0.25, -0.2) is 0 Å². The highest BCUT2D eigenvalue weighted by molar-refractivity contribution is 7.12. The Morgan fingerprint density at radius 1 is 0.920 bits per heavy atom. The van der Waals surface area contributed by atoms with Crippen LogP contribution >= 0.6 is 22.7 Å². The SMILES string of the molecule is O=C(NC(Cc1ccccc1)C(=O)NCc1cccs1)c1cccs1. The predicted octanol–water partition coefficient (Wildman–Crippen LogP) is 3.47. The number of amides is 2. The second kappa shape index (κ2) is 8.60. The quantitative estimate of drug-likeness (QED) is 0.669. The smallest absolute Gasteiger partial charge is 0.262 e. The molecule has 2 aromatic heterocycles.